The lowest BCUT2D eigenvalue weighted by atomic mass is 10.0. The minimum atomic E-state index is -0.213. The molecule has 1 fully saturated rings. The van der Waals surface area contributed by atoms with Crippen molar-refractivity contribution in [1.29, 1.82) is 0 Å². The molecule has 1 aromatic heterocycles. The Morgan fingerprint density at radius 1 is 1.15 bits per heavy atom. The maximum absolute atomic E-state index is 12.2. The van der Waals surface area contributed by atoms with Crippen LogP contribution in [0.25, 0.3) is 0 Å². The number of carbonyl (C=O) groups is 1. The van der Waals surface area contributed by atoms with Crippen molar-refractivity contribution >= 4 is 17.5 Å². The van der Waals surface area contributed by atoms with Crippen molar-refractivity contribution in [2.75, 3.05) is 0 Å². The molecule has 3 rings (SSSR count). The molecule has 1 atom stereocenters. The molecule has 1 aromatic carbocycles. The zero-order valence-electron chi connectivity index (χ0n) is 10.8. The third-order valence-corrected chi connectivity index (χ3v) is 3.60. The van der Waals surface area contributed by atoms with Gasteiger partial charge >= 0.3 is 0 Å². The van der Waals surface area contributed by atoms with Crippen LogP contribution in [0.15, 0.2) is 42.5 Å². The third kappa shape index (κ3) is 2.96. The normalized spacial score (nSPS) is 15.7. The molecule has 0 bridgehead atoms. The fraction of sp³-hybridized carbons (Fsp3) is 0.267. The first kappa shape index (κ1) is 13.1. The summed E-state index contributed by atoms with van der Waals surface area (Å²) < 4.78 is 0. The number of aromatic nitrogens is 2. The maximum atomic E-state index is 12.2. The molecule has 1 heterocycles. The number of benzene rings is 1. The predicted octanol–water partition coefficient (Wildman–Crippen LogP) is 3.01. The van der Waals surface area contributed by atoms with Crippen molar-refractivity contribution in [3.05, 3.63) is 58.9 Å². The average molecular weight is 288 g/mol. The molecule has 4 nitrogen and oxygen atoms in total. The molecule has 0 saturated heterocycles. The molecule has 0 spiro atoms. The molecule has 1 amide bonds. The summed E-state index contributed by atoms with van der Waals surface area (Å²) in [5.41, 5.74) is 1.42. The summed E-state index contributed by atoms with van der Waals surface area (Å²) in [6.45, 7) is 0. The SMILES string of the molecule is O=C(NC(c1ccccc1)C1CC1)c1ccc(Cl)nn1. The van der Waals surface area contributed by atoms with Crippen LogP contribution < -0.4 is 5.32 Å². The number of carbonyl (C=O) groups excluding carboxylic acids is 1. The van der Waals surface area contributed by atoms with Crippen LogP contribution in [-0.4, -0.2) is 16.1 Å². The smallest absolute Gasteiger partial charge is 0.272 e. The van der Waals surface area contributed by atoms with Crippen LogP contribution in [0, 0.1) is 5.92 Å². The lowest BCUT2D eigenvalue weighted by Gasteiger charge is -2.18. The molecule has 5 heteroatoms. The van der Waals surface area contributed by atoms with Gasteiger partial charge in [0.15, 0.2) is 10.8 Å². The molecule has 102 valence electrons. The van der Waals surface area contributed by atoms with Gasteiger partial charge < -0.3 is 5.32 Å². The minimum Gasteiger partial charge on any atom is -0.344 e. The summed E-state index contributed by atoms with van der Waals surface area (Å²) in [6.07, 6.45) is 2.29. The van der Waals surface area contributed by atoms with Crippen LogP contribution in [0.5, 0.6) is 0 Å². The van der Waals surface area contributed by atoms with Gasteiger partial charge in [-0.05, 0) is 36.5 Å². The molecule has 1 aliphatic rings. The second-order valence-corrected chi connectivity index (χ2v) is 5.33. The summed E-state index contributed by atoms with van der Waals surface area (Å²) in [5.74, 6) is 0.302. The highest BCUT2D eigenvalue weighted by Gasteiger charge is 2.33. The Bertz CT molecular complexity index is 596. The third-order valence-electron chi connectivity index (χ3n) is 3.40. The van der Waals surface area contributed by atoms with Gasteiger partial charge in [-0.15, -0.1) is 10.2 Å². The monoisotopic (exact) mass is 287 g/mol. The van der Waals surface area contributed by atoms with Gasteiger partial charge in [0.25, 0.3) is 5.91 Å². The highest BCUT2D eigenvalue weighted by atomic mass is 35.5. The highest BCUT2D eigenvalue weighted by Crippen LogP contribution is 2.41. The summed E-state index contributed by atoms with van der Waals surface area (Å²) >= 11 is 5.67. The molecule has 20 heavy (non-hydrogen) atoms. The Kier molecular flexibility index (Phi) is 3.65. The lowest BCUT2D eigenvalue weighted by Crippen LogP contribution is -2.30. The number of nitrogens with zero attached hydrogens (tertiary/aromatic N) is 2. The van der Waals surface area contributed by atoms with Crippen molar-refractivity contribution in [3.8, 4) is 0 Å². The molecule has 1 aliphatic carbocycles. The Morgan fingerprint density at radius 3 is 2.50 bits per heavy atom. The van der Waals surface area contributed by atoms with E-state index in [-0.39, 0.29) is 22.8 Å². The van der Waals surface area contributed by atoms with E-state index in [1.165, 1.54) is 0 Å². The Balaban J connectivity index is 1.77. The topological polar surface area (TPSA) is 54.9 Å². The number of halogens is 1. The minimum absolute atomic E-state index is 0.0428. The zero-order valence-corrected chi connectivity index (χ0v) is 11.5. The van der Waals surface area contributed by atoms with Crippen molar-refractivity contribution in [1.82, 2.24) is 15.5 Å². The number of hydrogen-bond acceptors (Lipinski definition) is 3. The van der Waals surface area contributed by atoms with Crippen LogP contribution in [0.1, 0.15) is 34.9 Å². The summed E-state index contributed by atoms with van der Waals surface area (Å²) in [5, 5.41) is 10.8. The number of rotatable bonds is 4. The number of nitrogens with one attached hydrogen (secondary N) is 1. The van der Waals surface area contributed by atoms with Gasteiger partial charge in [-0.1, -0.05) is 41.9 Å². The van der Waals surface area contributed by atoms with E-state index in [2.05, 4.69) is 15.5 Å². The molecule has 2 aromatic rings. The van der Waals surface area contributed by atoms with Crippen LogP contribution in [0.4, 0.5) is 0 Å². The predicted molar refractivity (Wildman–Crippen MR) is 76.4 cm³/mol. The first-order valence-electron chi connectivity index (χ1n) is 6.59. The number of hydrogen-bond donors (Lipinski definition) is 1. The van der Waals surface area contributed by atoms with Crippen LogP contribution >= 0.6 is 11.6 Å². The second-order valence-electron chi connectivity index (χ2n) is 4.94. The average Bonchev–Trinajstić information content (AvgIpc) is 3.31. The summed E-state index contributed by atoms with van der Waals surface area (Å²) in [6, 6.07) is 13.2. The molecule has 1 saturated carbocycles. The van der Waals surface area contributed by atoms with E-state index in [0.29, 0.717) is 5.92 Å². The van der Waals surface area contributed by atoms with E-state index in [9.17, 15) is 4.79 Å². The van der Waals surface area contributed by atoms with Gasteiger partial charge in [0, 0.05) is 0 Å². The zero-order chi connectivity index (χ0) is 13.9. The van der Waals surface area contributed by atoms with Crippen molar-refractivity contribution < 1.29 is 4.79 Å². The quantitative estimate of drug-likeness (QED) is 0.940. The van der Waals surface area contributed by atoms with Gasteiger partial charge in [-0.25, -0.2) is 0 Å². The standard InChI is InChI=1S/C15H14ClN3O/c16-13-9-8-12(18-19-13)15(20)17-14(11-6-7-11)10-4-2-1-3-5-10/h1-5,8-9,11,14H,6-7H2,(H,17,20). The van der Waals surface area contributed by atoms with Gasteiger partial charge in [0.1, 0.15) is 0 Å². The summed E-state index contributed by atoms with van der Waals surface area (Å²) in [4.78, 5) is 12.2. The molecule has 1 unspecified atom stereocenters. The van der Waals surface area contributed by atoms with Crippen LogP contribution in [-0.2, 0) is 0 Å². The second kappa shape index (κ2) is 5.59. The molecule has 0 radical (unpaired) electrons. The van der Waals surface area contributed by atoms with Gasteiger partial charge in [0.05, 0.1) is 6.04 Å². The molecular weight excluding hydrogens is 274 g/mol. The molecule has 0 aliphatic heterocycles. The Morgan fingerprint density at radius 2 is 1.90 bits per heavy atom. The van der Waals surface area contributed by atoms with E-state index < -0.39 is 0 Å². The number of amides is 1. The van der Waals surface area contributed by atoms with E-state index in [0.717, 1.165) is 18.4 Å². The van der Waals surface area contributed by atoms with Crippen molar-refractivity contribution in [2.24, 2.45) is 5.92 Å². The van der Waals surface area contributed by atoms with E-state index in [1.54, 1.807) is 12.1 Å². The van der Waals surface area contributed by atoms with E-state index in [1.807, 2.05) is 30.3 Å². The lowest BCUT2D eigenvalue weighted by molar-refractivity contribution is 0.0925. The fourth-order valence-electron chi connectivity index (χ4n) is 2.22. The van der Waals surface area contributed by atoms with E-state index in [4.69, 9.17) is 11.6 Å². The van der Waals surface area contributed by atoms with Crippen molar-refractivity contribution in [2.45, 2.75) is 18.9 Å². The Hall–Kier alpha value is -1.94. The summed E-state index contributed by atoms with van der Waals surface area (Å²) in [7, 11) is 0. The van der Waals surface area contributed by atoms with Gasteiger partial charge in [-0.3, -0.25) is 4.79 Å². The molecular formula is C15H14ClN3O. The van der Waals surface area contributed by atoms with Crippen molar-refractivity contribution in [3.63, 3.8) is 0 Å². The van der Waals surface area contributed by atoms with E-state index >= 15 is 0 Å². The first-order chi connectivity index (χ1) is 9.74. The van der Waals surface area contributed by atoms with Gasteiger partial charge in [0.2, 0.25) is 0 Å². The van der Waals surface area contributed by atoms with Gasteiger partial charge in [-0.2, -0.15) is 0 Å². The maximum Gasteiger partial charge on any atom is 0.272 e. The molecule has 1 N–H and O–H groups in total. The first-order valence-corrected chi connectivity index (χ1v) is 6.97. The highest BCUT2D eigenvalue weighted by molar-refractivity contribution is 6.29. The van der Waals surface area contributed by atoms with Crippen LogP contribution in [0.2, 0.25) is 5.15 Å². The van der Waals surface area contributed by atoms with Crippen LogP contribution in [0.3, 0.4) is 0 Å². The Labute approximate surface area is 122 Å². The largest absolute Gasteiger partial charge is 0.344 e. The fourth-order valence-corrected chi connectivity index (χ4v) is 2.32.